The van der Waals surface area contributed by atoms with Gasteiger partial charge in [0.25, 0.3) is 0 Å². The van der Waals surface area contributed by atoms with Gasteiger partial charge >= 0.3 is 0 Å². The van der Waals surface area contributed by atoms with Gasteiger partial charge in [0.15, 0.2) is 11.5 Å². The molecule has 1 amide bonds. The number of pyridine rings is 1. The normalized spacial score (nSPS) is 11.0. The van der Waals surface area contributed by atoms with Gasteiger partial charge in [-0.2, -0.15) is 5.10 Å². The summed E-state index contributed by atoms with van der Waals surface area (Å²) in [5.41, 5.74) is 4.52. The number of aryl methyl sites for hydroxylation is 1. The molecule has 1 aromatic carbocycles. The number of aromatic nitrogens is 5. The molecule has 0 bridgehead atoms. The SMILES string of the molecule is CC(=O)Nc1ccc(-c2nnc3ccc(-c4cnn(C)c4)cn23)cc1. The number of nitrogens with zero attached hydrogens (tertiary/aromatic N) is 5. The summed E-state index contributed by atoms with van der Waals surface area (Å²) in [6.45, 7) is 1.49. The average Bonchev–Trinajstić information content (AvgIpc) is 3.21. The van der Waals surface area contributed by atoms with Crippen LogP contribution in [0.5, 0.6) is 0 Å². The smallest absolute Gasteiger partial charge is 0.221 e. The number of carbonyl (C=O) groups excluding carboxylic acids is 1. The predicted molar refractivity (Wildman–Crippen MR) is 94.9 cm³/mol. The van der Waals surface area contributed by atoms with Crippen LogP contribution in [0.2, 0.25) is 0 Å². The fraction of sp³-hybridized carbons (Fsp3) is 0.111. The second-order valence-electron chi connectivity index (χ2n) is 5.83. The van der Waals surface area contributed by atoms with Gasteiger partial charge in [-0.25, -0.2) is 0 Å². The molecule has 1 N–H and O–H groups in total. The van der Waals surface area contributed by atoms with E-state index in [1.54, 1.807) is 4.68 Å². The lowest BCUT2D eigenvalue weighted by atomic mass is 10.1. The Labute approximate surface area is 143 Å². The van der Waals surface area contributed by atoms with Crippen molar-refractivity contribution < 1.29 is 4.79 Å². The van der Waals surface area contributed by atoms with Crippen molar-refractivity contribution in [2.24, 2.45) is 7.05 Å². The standard InChI is InChI=1S/C18H16N6O/c1-12(25)20-16-6-3-13(4-7-16)18-22-21-17-8-5-14(11-24(17)18)15-9-19-23(2)10-15/h3-11H,1-2H3,(H,20,25). The molecule has 0 aliphatic heterocycles. The molecule has 124 valence electrons. The summed E-state index contributed by atoms with van der Waals surface area (Å²) in [6, 6.07) is 11.5. The van der Waals surface area contributed by atoms with Crippen molar-refractivity contribution in [3.63, 3.8) is 0 Å². The van der Waals surface area contributed by atoms with E-state index >= 15 is 0 Å². The van der Waals surface area contributed by atoms with Crippen LogP contribution in [0.4, 0.5) is 5.69 Å². The van der Waals surface area contributed by atoms with E-state index in [0.717, 1.165) is 33.8 Å². The molecule has 0 radical (unpaired) electrons. The van der Waals surface area contributed by atoms with Crippen molar-refractivity contribution in [1.82, 2.24) is 24.4 Å². The number of benzene rings is 1. The molecule has 0 spiro atoms. The number of nitrogens with one attached hydrogen (secondary N) is 1. The second-order valence-corrected chi connectivity index (χ2v) is 5.83. The maximum absolute atomic E-state index is 11.1. The molecular weight excluding hydrogens is 316 g/mol. The lowest BCUT2D eigenvalue weighted by molar-refractivity contribution is -0.114. The van der Waals surface area contributed by atoms with Gasteiger partial charge in [0, 0.05) is 48.7 Å². The minimum Gasteiger partial charge on any atom is -0.326 e. The Morgan fingerprint density at radius 1 is 0.960 bits per heavy atom. The highest BCUT2D eigenvalue weighted by molar-refractivity contribution is 5.88. The van der Waals surface area contributed by atoms with Crippen LogP contribution in [-0.4, -0.2) is 30.3 Å². The first kappa shape index (κ1) is 15.1. The minimum absolute atomic E-state index is 0.0956. The highest BCUT2D eigenvalue weighted by atomic mass is 16.1. The molecule has 7 nitrogen and oxygen atoms in total. The van der Waals surface area contributed by atoms with Gasteiger partial charge < -0.3 is 5.32 Å². The Morgan fingerprint density at radius 3 is 2.40 bits per heavy atom. The molecule has 3 heterocycles. The molecule has 0 fully saturated rings. The van der Waals surface area contributed by atoms with Crippen LogP contribution in [0.25, 0.3) is 28.2 Å². The van der Waals surface area contributed by atoms with E-state index in [1.807, 2.05) is 66.4 Å². The van der Waals surface area contributed by atoms with E-state index in [-0.39, 0.29) is 5.91 Å². The lowest BCUT2D eigenvalue weighted by Crippen LogP contribution is -2.05. The Morgan fingerprint density at radius 2 is 1.72 bits per heavy atom. The summed E-state index contributed by atoms with van der Waals surface area (Å²) >= 11 is 0. The molecule has 0 atom stereocenters. The quantitative estimate of drug-likeness (QED) is 0.626. The van der Waals surface area contributed by atoms with E-state index < -0.39 is 0 Å². The van der Waals surface area contributed by atoms with Gasteiger partial charge in [0.1, 0.15) is 0 Å². The first-order valence-electron chi connectivity index (χ1n) is 7.82. The van der Waals surface area contributed by atoms with E-state index in [2.05, 4.69) is 20.6 Å². The Balaban J connectivity index is 1.75. The van der Waals surface area contributed by atoms with E-state index in [9.17, 15) is 4.79 Å². The van der Waals surface area contributed by atoms with Crippen molar-refractivity contribution in [2.75, 3.05) is 5.32 Å². The predicted octanol–water partition coefficient (Wildman–Crippen LogP) is 2.76. The number of rotatable bonds is 3. The highest BCUT2D eigenvalue weighted by Crippen LogP contribution is 2.24. The first-order valence-corrected chi connectivity index (χ1v) is 7.82. The van der Waals surface area contributed by atoms with Crippen molar-refractivity contribution >= 4 is 17.2 Å². The van der Waals surface area contributed by atoms with Crippen LogP contribution in [0.1, 0.15) is 6.92 Å². The van der Waals surface area contributed by atoms with E-state index in [4.69, 9.17) is 0 Å². The van der Waals surface area contributed by atoms with Gasteiger partial charge in [0.05, 0.1) is 6.20 Å². The van der Waals surface area contributed by atoms with Crippen molar-refractivity contribution in [3.8, 4) is 22.5 Å². The number of fused-ring (bicyclic) bond motifs is 1. The molecule has 7 heteroatoms. The first-order chi connectivity index (χ1) is 12.1. The molecule has 4 aromatic rings. The van der Waals surface area contributed by atoms with E-state index in [0.29, 0.717) is 0 Å². The minimum atomic E-state index is -0.0956. The van der Waals surface area contributed by atoms with Crippen molar-refractivity contribution in [2.45, 2.75) is 6.92 Å². The van der Waals surface area contributed by atoms with Crippen LogP contribution in [-0.2, 0) is 11.8 Å². The zero-order valence-corrected chi connectivity index (χ0v) is 13.8. The fourth-order valence-corrected chi connectivity index (χ4v) is 2.73. The van der Waals surface area contributed by atoms with Crippen LogP contribution in [0, 0.1) is 0 Å². The summed E-state index contributed by atoms with van der Waals surface area (Å²) in [6.07, 6.45) is 5.80. The topological polar surface area (TPSA) is 77.1 Å². The number of hydrogen-bond donors (Lipinski definition) is 1. The van der Waals surface area contributed by atoms with Crippen LogP contribution in [0.3, 0.4) is 0 Å². The number of hydrogen-bond acceptors (Lipinski definition) is 4. The molecule has 4 rings (SSSR count). The van der Waals surface area contributed by atoms with E-state index in [1.165, 1.54) is 6.92 Å². The number of amides is 1. The molecule has 0 aliphatic rings. The van der Waals surface area contributed by atoms with Gasteiger partial charge in [-0.05, 0) is 36.4 Å². The third-order valence-electron chi connectivity index (χ3n) is 3.90. The van der Waals surface area contributed by atoms with Crippen LogP contribution < -0.4 is 5.32 Å². The highest BCUT2D eigenvalue weighted by Gasteiger charge is 2.10. The van der Waals surface area contributed by atoms with Gasteiger partial charge in [0.2, 0.25) is 5.91 Å². The molecule has 0 saturated carbocycles. The molecule has 3 aromatic heterocycles. The summed E-state index contributed by atoms with van der Waals surface area (Å²) in [7, 11) is 1.89. The zero-order valence-electron chi connectivity index (χ0n) is 13.8. The monoisotopic (exact) mass is 332 g/mol. The van der Waals surface area contributed by atoms with Gasteiger partial charge in [-0.3, -0.25) is 13.9 Å². The molecule has 0 aliphatic carbocycles. The molecular formula is C18H16N6O. The fourth-order valence-electron chi connectivity index (χ4n) is 2.73. The third-order valence-corrected chi connectivity index (χ3v) is 3.90. The van der Waals surface area contributed by atoms with Crippen LogP contribution >= 0.6 is 0 Å². The van der Waals surface area contributed by atoms with Crippen molar-refractivity contribution in [1.29, 1.82) is 0 Å². The average molecular weight is 332 g/mol. The molecule has 25 heavy (non-hydrogen) atoms. The Kier molecular flexibility index (Phi) is 3.53. The van der Waals surface area contributed by atoms with Crippen molar-refractivity contribution in [3.05, 3.63) is 55.0 Å². The third kappa shape index (κ3) is 2.87. The lowest BCUT2D eigenvalue weighted by Gasteiger charge is -2.05. The maximum atomic E-state index is 11.1. The second kappa shape index (κ2) is 5.86. The number of carbonyl (C=O) groups is 1. The summed E-state index contributed by atoms with van der Waals surface area (Å²) < 4.78 is 3.73. The Bertz CT molecular complexity index is 1060. The zero-order chi connectivity index (χ0) is 17.4. The molecule has 0 unspecified atom stereocenters. The largest absolute Gasteiger partial charge is 0.326 e. The number of anilines is 1. The summed E-state index contributed by atoms with van der Waals surface area (Å²) in [5, 5.41) is 15.5. The van der Waals surface area contributed by atoms with Gasteiger partial charge in [-0.15, -0.1) is 10.2 Å². The summed E-state index contributed by atoms with van der Waals surface area (Å²) in [4.78, 5) is 11.1. The van der Waals surface area contributed by atoms with Crippen LogP contribution in [0.15, 0.2) is 55.0 Å². The maximum Gasteiger partial charge on any atom is 0.221 e. The van der Waals surface area contributed by atoms with Gasteiger partial charge in [-0.1, -0.05) is 0 Å². The Hall–Kier alpha value is -3.48. The summed E-state index contributed by atoms with van der Waals surface area (Å²) in [5.74, 6) is 0.650. The molecule has 0 saturated heterocycles.